The molecule has 0 spiro atoms. The molecule has 0 fully saturated rings. The topological polar surface area (TPSA) is 51.7 Å². The second-order valence-corrected chi connectivity index (χ2v) is 7.92. The lowest BCUT2D eigenvalue weighted by atomic mass is 10.1. The van der Waals surface area contributed by atoms with Gasteiger partial charge < -0.3 is 14.4 Å². The summed E-state index contributed by atoms with van der Waals surface area (Å²) in [5.74, 6) is 1.39. The number of hydrogen-bond donors (Lipinski definition) is 0. The van der Waals surface area contributed by atoms with Crippen LogP contribution in [-0.2, 0) is 13.2 Å². The molecule has 2 aromatic carbocycles. The first-order chi connectivity index (χ1) is 14.5. The number of methoxy groups -OCH3 is 1. The number of aryl methyl sites for hydroxylation is 2. The number of carbonyl (C=O) groups excluding carboxylic acids is 1. The number of nitrogens with zero attached hydrogens (tertiary/aromatic N) is 2. The van der Waals surface area contributed by atoms with Crippen molar-refractivity contribution in [3.8, 4) is 11.5 Å². The van der Waals surface area contributed by atoms with Gasteiger partial charge >= 0.3 is 0 Å². The Labute approximate surface area is 181 Å². The van der Waals surface area contributed by atoms with E-state index in [9.17, 15) is 4.79 Å². The van der Waals surface area contributed by atoms with Gasteiger partial charge in [0.2, 0.25) is 0 Å². The van der Waals surface area contributed by atoms with Crippen LogP contribution >= 0.6 is 11.3 Å². The first-order valence-corrected chi connectivity index (χ1v) is 10.6. The SMILES string of the molecule is C=CCN(Cc1csc(COc2ccc(C)c(C)c2)n1)C(=O)c1cccc(OC)c1. The van der Waals surface area contributed by atoms with Gasteiger partial charge in [0, 0.05) is 17.5 Å². The highest BCUT2D eigenvalue weighted by Crippen LogP contribution is 2.20. The number of benzene rings is 2. The van der Waals surface area contributed by atoms with Crippen LogP contribution in [-0.4, -0.2) is 29.4 Å². The van der Waals surface area contributed by atoms with Crippen molar-refractivity contribution in [2.45, 2.75) is 27.0 Å². The van der Waals surface area contributed by atoms with Crippen molar-refractivity contribution in [1.29, 1.82) is 0 Å². The third kappa shape index (κ3) is 5.48. The molecule has 1 amide bonds. The largest absolute Gasteiger partial charge is 0.497 e. The molecular weight excluding hydrogens is 396 g/mol. The molecule has 30 heavy (non-hydrogen) atoms. The van der Waals surface area contributed by atoms with Crippen molar-refractivity contribution in [3.63, 3.8) is 0 Å². The smallest absolute Gasteiger partial charge is 0.254 e. The van der Waals surface area contributed by atoms with Crippen LogP contribution in [0.2, 0.25) is 0 Å². The van der Waals surface area contributed by atoms with Gasteiger partial charge in [0.1, 0.15) is 23.1 Å². The number of aromatic nitrogens is 1. The Morgan fingerprint density at radius 2 is 2.00 bits per heavy atom. The molecule has 0 bridgehead atoms. The first-order valence-electron chi connectivity index (χ1n) is 9.67. The summed E-state index contributed by atoms with van der Waals surface area (Å²) in [5.41, 5.74) is 3.84. The number of carbonyl (C=O) groups is 1. The molecule has 0 aliphatic carbocycles. The van der Waals surface area contributed by atoms with Crippen LogP contribution < -0.4 is 9.47 Å². The highest BCUT2D eigenvalue weighted by molar-refractivity contribution is 7.09. The van der Waals surface area contributed by atoms with Crippen LogP contribution in [0.1, 0.15) is 32.2 Å². The average molecular weight is 423 g/mol. The Balaban J connectivity index is 1.66. The quantitative estimate of drug-likeness (QED) is 0.446. The van der Waals surface area contributed by atoms with E-state index in [0.29, 0.717) is 31.0 Å². The summed E-state index contributed by atoms with van der Waals surface area (Å²) in [5, 5.41) is 2.84. The van der Waals surface area contributed by atoms with E-state index in [4.69, 9.17) is 9.47 Å². The van der Waals surface area contributed by atoms with Gasteiger partial charge in [-0.25, -0.2) is 4.98 Å². The predicted molar refractivity (Wildman–Crippen MR) is 120 cm³/mol. The third-order valence-electron chi connectivity index (χ3n) is 4.75. The van der Waals surface area contributed by atoms with Crippen LogP contribution in [0.5, 0.6) is 11.5 Å². The Morgan fingerprint density at radius 3 is 2.73 bits per heavy atom. The highest BCUT2D eigenvalue weighted by atomic mass is 32.1. The zero-order valence-corrected chi connectivity index (χ0v) is 18.4. The Morgan fingerprint density at radius 1 is 1.17 bits per heavy atom. The minimum atomic E-state index is -0.0882. The van der Waals surface area contributed by atoms with Crippen molar-refractivity contribution in [1.82, 2.24) is 9.88 Å². The maximum atomic E-state index is 13.0. The summed E-state index contributed by atoms with van der Waals surface area (Å²) in [6, 6.07) is 13.2. The van der Waals surface area contributed by atoms with E-state index >= 15 is 0 Å². The molecule has 0 unspecified atom stereocenters. The van der Waals surface area contributed by atoms with Gasteiger partial charge in [-0.1, -0.05) is 18.2 Å². The molecule has 6 heteroatoms. The van der Waals surface area contributed by atoms with E-state index in [1.807, 2.05) is 29.6 Å². The number of rotatable bonds is 9. The van der Waals surface area contributed by atoms with Crippen LogP contribution in [0.25, 0.3) is 0 Å². The summed E-state index contributed by atoms with van der Waals surface area (Å²) in [7, 11) is 1.59. The average Bonchev–Trinajstić information content (AvgIpc) is 3.21. The van der Waals surface area contributed by atoms with Gasteiger partial charge in [-0.05, 0) is 55.3 Å². The molecule has 5 nitrogen and oxygen atoms in total. The van der Waals surface area contributed by atoms with Gasteiger partial charge in [-0.2, -0.15) is 0 Å². The molecule has 0 radical (unpaired) electrons. The van der Waals surface area contributed by atoms with Gasteiger partial charge in [-0.3, -0.25) is 4.79 Å². The minimum Gasteiger partial charge on any atom is -0.497 e. The maximum Gasteiger partial charge on any atom is 0.254 e. The third-order valence-corrected chi connectivity index (χ3v) is 5.62. The van der Waals surface area contributed by atoms with E-state index in [0.717, 1.165) is 16.5 Å². The molecule has 0 N–H and O–H groups in total. The zero-order valence-electron chi connectivity index (χ0n) is 17.6. The number of ether oxygens (including phenoxy) is 2. The second-order valence-electron chi connectivity index (χ2n) is 6.97. The molecule has 0 saturated heterocycles. The Kier molecular flexibility index (Phi) is 7.25. The summed E-state index contributed by atoms with van der Waals surface area (Å²) in [6.07, 6.45) is 1.72. The van der Waals surface area contributed by atoms with Gasteiger partial charge in [-0.15, -0.1) is 17.9 Å². The van der Waals surface area contributed by atoms with Crippen molar-refractivity contribution in [2.24, 2.45) is 0 Å². The van der Waals surface area contributed by atoms with Crippen LogP contribution in [0.4, 0.5) is 0 Å². The van der Waals surface area contributed by atoms with E-state index in [1.165, 1.54) is 22.5 Å². The Hall–Kier alpha value is -3.12. The molecule has 1 heterocycles. The monoisotopic (exact) mass is 422 g/mol. The van der Waals surface area contributed by atoms with Gasteiger partial charge in [0.15, 0.2) is 0 Å². The fourth-order valence-corrected chi connectivity index (χ4v) is 3.64. The van der Waals surface area contributed by atoms with E-state index in [2.05, 4.69) is 31.5 Å². The van der Waals surface area contributed by atoms with Gasteiger partial charge in [0.05, 0.1) is 19.3 Å². The molecule has 1 aromatic heterocycles. The van der Waals surface area contributed by atoms with Crippen LogP contribution in [0.15, 0.2) is 60.5 Å². The molecule has 0 saturated carbocycles. The second kappa shape index (κ2) is 10.1. The van der Waals surface area contributed by atoms with E-state index < -0.39 is 0 Å². The predicted octanol–water partition coefficient (Wildman–Crippen LogP) is 5.18. The van der Waals surface area contributed by atoms with Crippen molar-refractivity contribution in [2.75, 3.05) is 13.7 Å². The molecule has 0 aliphatic rings. The first kappa shape index (κ1) is 21.6. The van der Waals surface area contributed by atoms with E-state index in [1.54, 1.807) is 30.2 Å². The fraction of sp³-hybridized carbons (Fsp3) is 0.250. The summed E-state index contributed by atoms with van der Waals surface area (Å²) in [4.78, 5) is 19.3. The number of amides is 1. The number of hydrogen-bond acceptors (Lipinski definition) is 5. The summed E-state index contributed by atoms with van der Waals surface area (Å²) in [6.45, 7) is 9.16. The molecule has 3 rings (SSSR count). The van der Waals surface area contributed by atoms with Crippen molar-refractivity contribution >= 4 is 17.2 Å². The molecule has 0 aliphatic heterocycles. The summed E-state index contributed by atoms with van der Waals surface area (Å²) >= 11 is 1.53. The van der Waals surface area contributed by atoms with Crippen molar-refractivity contribution in [3.05, 3.63) is 87.9 Å². The normalized spacial score (nSPS) is 10.5. The molecular formula is C24H26N2O3S. The number of thiazole rings is 1. The van der Waals surface area contributed by atoms with Crippen LogP contribution in [0, 0.1) is 13.8 Å². The lowest BCUT2D eigenvalue weighted by Gasteiger charge is -2.20. The lowest BCUT2D eigenvalue weighted by molar-refractivity contribution is 0.0760. The standard InChI is InChI=1S/C24H26N2O3S/c1-5-11-26(24(27)19-7-6-8-21(13-19)28-4)14-20-16-30-23(25-20)15-29-22-10-9-17(2)18(3)12-22/h5-10,12-13,16H,1,11,14-15H2,2-4H3. The molecule has 0 atom stereocenters. The van der Waals surface area contributed by atoms with Crippen LogP contribution in [0.3, 0.4) is 0 Å². The van der Waals surface area contributed by atoms with Crippen molar-refractivity contribution < 1.29 is 14.3 Å². The maximum absolute atomic E-state index is 13.0. The minimum absolute atomic E-state index is 0.0882. The molecule has 3 aromatic rings. The summed E-state index contributed by atoms with van der Waals surface area (Å²) < 4.78 is 11.1. The van der Waals surface area contributed by atoms with E-state index in [-0.39, 0.29) is 5.91 Å². The highest BCUT2D eigenvalue weighted by Gasteiger charge is 2.17. The lowest BCUT2D eigenvalue weighted by Crippen LogP contribution is -2.30. The van der Waals surface area contributed by atoms with Gasteiger partial charge in [0.25, 0.3) is 5.91 Å². The molecule has 156 valence electrons. The fourth-order valence-electron chi connectivity index (χ4n) is 2.95. The Bertz CT molecular complexity index is 1030. The zero-order chi connectivity index (χ0) is 21.5.